The third kappa shape index (κ3) is 4.15. The van der Waals surface area contributed by atoms with Crippen LogP contribution in [0, 0.1) is 6.92 Å². The molecule has 4 nitrogen and oxygen atoms in total. The molecule has 2 rings (SSSR count). The molecule has 1 amide bonds. The molecule has 0 aromatic heterocycles. The molecule has 0 aliphatic rings. The van der Waals surface area contributed by atoms with E-state index >= 15 is 0 Å². The van der Waals surface area contributed by atoms with Crippen LogP contribution >= 0.6 is 31.9 Å². The van der Waals surface area contributed by atoms with Crippen molar-refractivity contribution in [1.82, 2.24) is 5.43 Å². The van der Waals surface area contributed by atoms with Crippen LogP contribution in [0.2, 0.25) is 0 Å². The molecule has 0 saturated heterocycles. The zero-order valence-corrected chi connectivity index (χ0v) is 14.3. The topological polar surface area (TPSA) is 61.7 Å². The van der Waals surface area contributed by atoms with Crippen molar-refractivity contribution in [2.45, 2.75) is 6.92 Å². The van der Waals surface area contributed by atoms with Crippen molar-refractivity contribution < 1.29 is 9.90 Å². The van der Waals surface area contributed by atoms with Gasteiger partial charge in [0, 0.05) is 20.1 Å². The minimum atomic E-state index is -0.321. The first kappa shape index (κ1) is 15.7. The Bertz CT molecular complexity index is 715. The molecule has 0 aliphatic heterocycles. The molecule has 0 heterocycles. The zero-order chi connectivity index (χ0) is 15.4. The van der Waals surface area contributed by atoms with Gasteiger partial charge < -0.3 is 5.11 Å². The summed E-state index contributed by atoms with van der Waals surface area (Å²) in [5.74, 6) is -0.183. The molecular weight excluding hydrogens is 400 g/mol. The lowest BCUT2D eigenvalue weighted by Gasteiger charge is -2.04. The third-order valence-corrected chi connectivity index (χ3v) is 3.70. The highest BCUT2D eigenvalue weighted by Gasteiger charge is 2.06. The Hall–Kier alpha value is -1.66. The SMILES string of the molecule is Cc1cc(Br)cc(C=NNC(=O)c2cccc(Br)c2)c1O. The lowest BCUT2D eigenvalue weighted by Crippen LogP contribution is -2.17. The highest BCUT2D eigenvalue weighted by Crippen LogP contribution is 2.25. The van der Waals surface area contributed by atoms with Gasteiger partial charge in [0.2, 0.25) is 0 Å². The molecule has 108 valence electrons. The molecule has 6 heteroatoms. The van der Waals surface area contributed by atoms with E-state index in [1.165, 1.54) is 6.21 Å². The number of phenols is 1. The summed E-state index contributed by atoms with van der Waals surface area (Å²) < 4.78 is 1.65. The molecule has 2 aromatic rings. The van der Waals surface area contributed by atoms with Crippen molar-refractivity contribution in [2.75, 3.05) is 0 Å². The molecule has 0 bridgehead atoms. The fraction of sp³-hybridized carbons (Fsp3) is 0.0667. The van der Waals surface area contributed by atoms with Gasteiger partial charge in [-0.25, -0.2) is 5.43 Å². The molecule has 0 aliphatic carbocycles. The average Bonchev–Trinajstić information content (AvgIpc) is 2.43. The van der Waals surface area contributed by atoms with Gasteiger partial charge in [-0.1, -0.05) is 37.9 Å². The van der Waals surface area contributed by atoms with Crippen molar-refractivity contribution >= 4 is 44.0 Å². The highest BCUT2D eigenvalue weighted by molar-refractivity contribution is 9.10. The standard InChI is InChI=1S/C15H12Br2N2O2/c1-9-5-13(17)7-11(14(9)20)8-18-19-15(21)10-3-2-4-12(16)6-10/h2-8,20H,1H3,(H,19,21). The summed E-state index contributed by atoms with van der Waals surface area (Å²) in [5, 5.41) is 13.8. The number of aromatic hydroxyl groups is 1. The Morgan fingerprint density at radius 2 is 2.00 bits per heavy atom. The van der Waals surface area contributed by atoms with Crippen LogP contribution in [0.4, 0.5) is 0 Å². The van der Waals surface area contributed by atoms with Gasteiger partial charge in [-0.05, 0) is 42.8 Å². The summed E-state index contributed by atoms with van der Waals surface area (Å²) in [5.41, 5.74) is 4.17. The van der Waals surface area contributed by atoms with Crippen LogP contribution in [-0.2, 0) is 0 Å². The van der Waals surface area contributed by atoms with Crippen LogP contribution in [0.25, 0.3) is 0 Å². The van der Waals surface area contributed by atoms with Gasteiger partial charge in [-0.15, -0.1) is 0 Å². The van der Waals surface area contributed by atoms with Crippen LogP contribution in [0.15, 0.2) is 50.4 Å². The average molecular weight is 412 g/mol. The monoisotopic (exact) mass is 410 g/mol. The number of halogens is 2. The molecule has 0 atom stereocenters. The van der Waals surface area contributed by atoms with Gasteiger partial charge >= 0.3 is 0 Å². The molecule has 0 saturated carbocycles. The van der Waals surface area contributed by atoms with E-state index in [4.69, 9.17) is 0 Å². The fourth-order valence-electron chi connectivity index (χ4n) is 1.71. The lowest BCUT2D eigenvalue weighted by atomic mass is 10.1. The molecule has 0 radical (unpaired) electrons. The van der Waals surface area contributed by atoms with Gasteiger partial charge in [0.15, 0.2) is 0 Å². The Balaban J connectivity index is 2.11. The summed E-state index contributed by atoms with van der Waals surface area (Å²) in [6.07, 6.45) is 1.41. The third-order valence-electron chi connectivity index (χ3n) is 2.75. The normalized spacial score (nSPS) is 10.8. The highest BCUT2D eigenvalue weighted by atomic mass is 79.9. The van der Waals surface area contributed by atoms with E-state index in [0.29, 0.717) is 11.1 Å². The zero-order valence-electron chi connectivity index (χ0n) is 11.1. The van der Waals surface area contributed by atoms with Gasteiger partial charge in [0.25, 0.3) is 5.91 Å². The second-order valence-corrected chi connectivity index (χ2v) is 6.20. The van der Waals surface area contributed by atoms with Crippen molar-refractivity contribution in [3.05, 3.63) is 62.0 Å². The van der Waals surface area contributed by atoms with E-state index < -0.39 is 0 Å². The number of phenolic OH excluding ortho intramolecular Hbond substituents is 1. The van der Waals surface area contributed by atoms with E-state index in [1.807, 2.05) is 6.07 Å². The number of hydrogen-bond acceptors (Lipinski definition) is 3. The Morgan fingerprint density at radius 1 is 1.24 bits per heavy atom. The number of carbonyl (C=O) groups excluding carboxylic acids is 1. The predicted octanol–water partition coefficient (Wildman–Crippen LogP) is 3.99. The second kappa shape index (κ2) is 6.87. The number of hydrazone groups is 1. The number of nitrogens with one attached hydrogen (secondary N) is 1. The van der Waals surface area contributed by atoms with Gasteiger partial charge in [0.1, 0.15) is 5.75 Å². The van der Waals surface area contributed by atoms with Crippen molar-refractivity contribution in [2.24, 2.45) is 5.10 Å². The van der Waals surface area contributed by atoms with E-state index in [1.54, 1.807) is 37.3 Å². The second-order valence-electron chi connectivity index (χ2n) is 4.37. The van der Waals surface area contributed by atoms with Crippen LogP contribution in [0.1, 0.15) is 21.5 Å². The smallest absolute Gasteiger partial charge is 0.271 e. The molecule has 2 N–H and O–H groups in total. The van der Waals surface area contributed by atoms with Crippen LogP contribution in [0.5, 0.6) is 5.75 Å². The number of nitrogens with zero attached hydrogens (tertiary/aromatic N) is 1. The first-order chi connectivity index (χ1) is 9.97. The Labute approximate surface area is 139 Å². The Kier molecular flexibility index (Phi) is 5.14. The van der Waals surface area contributed by atoms with E-state index in [9.17, 15) is 9.90 Å². The van der Waals surface area contributed by atoms with Crippen LogP contribution < -0.4 is 5.43 Å². The van der Waals surface area contributed by atoms with E-state index in [0.717, 1.165) is 14.5 Å². The van der Waals surface area contributed by atoms with Gasteiger partial charge in [0.05, 0.1) is 6.21 Å². The van der Waals surface area contributed by atoms with E-state index in [2.05, 4.69) is 42.4 Å². The van der Waals surface area contributed by atoms with Crippen molar-refractivity contribution in [3.8, 4) is 5.75 Å². The summed E-state index contributed by atoms with van der Waals surface area (Å²) in [4.78, 5) is 11.9. The van der Waals surface area contributed by atoms with E-state index in [-0.39, 0.29) is 11.7 Å². The Morgan fingerprint density at radius 3 is 2.71 bits per heavy atom. The van der Waals surface area contributed by atoms with Crippen molar-refractivity contribution in [3.63, 3.8) is 0 Å². The first-order valence-electron chi connectivity index (χ1n) is 6.05. The molecular formula is C15H12Br2N2O2. The van der Waals surface area contributed by atoms with Crippen molar-refractivity contribution in [1.29, 1.82) is 0 Å². The maximum atomic E-state index is 11.9. The number of benzene rings is 2. The molecule has 0 spiro atoms. The maximum absolute atomic E-state index is 11.9. The molecule has 2 aromatic carbocycles. The predicted molar refractivity (Wildman–Crippen MR) is 89.7 cm³/mol. The van der Waals surface area contributed by atoms with Crippen LogP contribution in [0.3, 0.4) is 0 Å². The molecule has 0 fully saturated rings. The molecule has 21 heavy (non-hydrogen) atoms. The largest absolute Gasteiger partial charge is 0.507 e. The number of aryl methyl sites for hydroxylation is 1. The minimum Gasteiger partial charge on any atom is -0.507 e. The quantitative estimate of drug-likeness (QED) is 0.592. The molecule has 0 unspecified atom stereocenters. The summed E-state index contributed by atoms with van der Waals surface area (Å²) in [6.45, 7) is 1.79. The van der Waals surface area contributed by atoms with Gasteiger partial charge in [-0.2, -0.15) is 5.10 Å². The summed E-state index contributed by atoms with van der Waals surface area (Å²) in [7, 11) is 0. The summed E-state index contributed by atoms with van der Waals surface area (Å²) >= 11 is 6.65. The maximum Gasteiger partial charge on any atom is 0.271 e. The minimum absolute atomic E-state index is 0.138. The summed E-state index contributed by atoms with van der Waals surface area (Å²) in [6, 6.07) is 10.5. The fourth-order valence-corrected chi connectivity index (χ4v) is 2.70. The van der Waals surface area contributed by atoms with Gasteiger partial charge in [-0.3, -0.25) is 4.79 Å². The van der Waals surface area contributed by atoms with Crippen LogP contribution in [-0.4, -0.2) is 17.2 Å². The first-order valence-corrected chi connectivity index (χ1v) is 7.64. The number of carbonyl (C=O) groups is 1. The number of rotatable bonds is 3. The lowest BCUT2D eigenvalue weighted by molar-refractivity contribution is 0.0955. The number of amides is 1. The number of hydrogen-bond donors (Lipinski definition) is 2.